The number of carbonyl (C=O) groups is 1. The van der Waals surface area contributed by atoms with Crippen molar-refractivity contribution in [2.24, 2.45) is 0 Å². The van der Waals surface area contributed by atoms with Gasteiger partial charge in [0.15, 0.2) is 0 Å². The predicted octanol–water partition coefficient (Wildman–Crippen LogP) is 3.21. The molecule has 0 aliphatic heterocycles. The number of carbonyl (C=O) groups excluding carboxylic acids is 1. The van der Waals surface area contributed by atoms with Crippen molar-refractivity contribution in [3.8, 4) is 0 Å². The molecule has 0 aromatic heterocycles. The first kappa shape index (κ1) is 11.6. The molecular weight excluding hydrogens is 273 g/mol. The van der Waals surface area contributed by atoms with Crippen LogP contribution in [0.2, 0.25) is 0 Å². The smallest absolute Gasteiger partial charge is 0.256 e. The molecule has 86 valence electrons. The van der Waals surface area contributed by atoms with Gasteiger partial charge in [-0.05, 0) is 37.5 Å². The highest BCUT2D eigenvalue weighted by atomic mass is 79.9. The number of benzene rings is 1. The summed E-state index contributed by atoms with van der Waals surface area (Å²) in [6.45, 7) is 0. The SMILES string of the molecule is CN(C(=O)c1ccc(Br)cc1F)C1CCC1. The highest BCUT2D eigenvalue weighted by Crippen LogP contribution is 2.25. The molecule has 0 atom stereocenters. The second-order valence-electron chi connectivity index (χ2n) is 4.12. The van der Waals surface area contributed by atoms with Crippen LogP contribution in [-0.4, -0.2) is 23.9 Å². The largest absolute Gasteiger partial charge is 0.339 e. The minimum atomic E-state index is -0.467. The van der Waals surface area contributed by atoms with Gasteiger partial charge in [-0.1, -0.05) is 15.9 Å². The van der Waals surface area contributed by atoms with E-state index in [2.05, 4.69) is 15.9 Å². The van der Waals surface area contributed by atoms with Crippen molar-refractivity contribution in [3.63, 3.8) is 0 Å². The maximum absolute atomic E-state index is 13.6. The van der Waals surface area contributed by atoms with Gasteiger partial charge in [-0.3, -0.25) is 4.79 Å². The fourth-order valence-corrected chi connectivity index (χ4v) is 2.13. The van der Waals surface area contributed by atoms with Gasteiger partial charge in [-0.15, -0.1) is 0 Å². The van der Waals surface area contributed by atoms with E-state index in [1.165, 1.54) is 12.1 Å². The Bertz CT molecular complexity index is 417. The van der Waals surface area contributed by atoms with Crippen LogP contribution in [0, 0.1) is 5.82 Å². The van der Waals surface area contributed by atoms with E-state index < -0.39 is 5.82 Å². The van der Waals surface area contributed by atoms with Crippen molar-refractivity contribution < 1.29 is 9.18 Å². The second kappa shape index (κ2) is 4.53. The second-order valence-corrected chi connectivity index (χ2v) is 5.04. The number of rotatable bonds is 2. The standard InChI is InChI=1S/C12H13BrFNO/c1-15(9-3-2-4-9)12(16)10-6-5-8(13)7-11(10)14/h5-7,9H,2-4H2,1H3. The van der Waals surface area contributed by atoms with Crippen LogP contribution < -0.4 is 0 Å². The zero-order chi connectivity index (χ0) is 11.7. The van der Waals surface area contributed by atoms with Gasteiger partial charge in [-0.2, -0.15) is 0 Å². The monoisotopic (exact) mass is 285 g/mol. The molecule has 0 saturated heterocycles. The van der Waals surface area contributed by atoms with E-state index in [-0.39, 0.29) is 17.5 Å². The molecule has 1 fully saturated rings. The average Bonchev–Trinajstić information content (AvgIpc) is 2.14. The molecule has 4 heteroatoms. The van der Waals surface area contributed by atoms with Gasteiger partial charge < -0.3 is 4.90 Å². The van der Waals surface area contributed by atoms with E-state index >= 15 is 0 Å². The molecule has 1 aliphatic carbocycles. The lowest BCUT2D eigenvalue weighted by Gasteiger charge is -2.34. The van der Waals surface area contributed by atoms with Crippen molar-refractivity contribution in [2.45, 2.75) is 25.3 Å². The fraction of sp³-hybridized carbons (Fsp3) is 0.417. The van der Waals surface area contributed by atoms with Crippen molar-refractivity contribution in [2.75, 3.05) is 7.05 Å². The number of hydrogen-bond donors (Lipinski definition) is 0. The Labute approximate surface area is 103 Å². The van der Waals surface area contributed by atoms with Gasteiger partial charge in [0.25, 0.3) is 5.91 Å². The zero-order valence-corrected chi connectivity index (χ0v) is 10.6. The van der Waals surface area contributed by atoms with Gasteiger partial charge in [0.05, 0.1) is 5.56 Å². The molecule has 0 bridgehead atoms. The number of hydrogen-bond acceptors (Lipinski definition) is 1. The fourth-order valence-electron chi connectivity index (χ4n) is 1.79. The quantitative estimate of drug-likeness (QED) is 0.817. The molecule has 0 radical (unpaired) electrons. The van der Waals surface area contributed by atoms with Crippen molar-refractivity contribution >= 4 is 21.8 Å². The molecule has 2 rings (SSSR count). The third-order valence-electron chi connectivity index (χ3n) is 3.10. The first-order valence-corrected chi connectivity index (χ1v) is 6.11. The molecular formula is C12H13BrFNO. The maximum atomic E-state index is 13.6. The molecule has 1 aliphatic rings. The van der Waals surface area contributed by atoms with Crippen molar-refractivity contribution in [3.05, 3.63) is 34.1 Å². The Morgan fingerprint density at radius 2 is 2.19 bits per heavy atom. The Kier molecular flexibility index (Phi) is 3.28. The maximum Gasteiger partial charge on any atom is 0.256 e. The van der Waals surface area contributed by atoms with Crippen LogP contribution in [0.25, 0.3) is 0 Å². The summed E-state index contributed by atoms with van der Waals surface area (Å²) in [5, 5.41) is 0. The van der Waals surface area contributed by atoms with Crippen LogP contribution in [0.4, 0.5) is 4.39 Å². The Morgan fingerprint density at radius 1 is 1.50 bits per heavy atom. The lowest BCUT2D eigenvalue weighted by atomic mass is 9.91. The summed E-state index contributed by atoms with van der Waals surface area (Å²) in [6.07, 6.45) is 3.21. The van der Waals surface area contributed by atoms with E-state index in [0.717, 1.165) is 19.3 Å². The zero-order valence-electron chi connectivity index (χ0n) is 9.04. The lowest BCUT2D eigenvalue weighted by Crippen LogP contribution is -2.41. The van der Waals surface area contributed by atoms with Gasteiger partial charge >= 0.3 is 0 Å². The van der Waals surface area contributed by atoms with Crippen LogP contribution in [0.1, 0.15) is 29.6 Å². The Morgan fingerprint density at radius 3 is 2.69 bits per heavy atom. The first-order chi connectivity index (χ1) is 7.59. The molecule has 16 heavy (non-hydrogen) atoms. The van der Waals surface area contributed by atoms with Crippen molar-refractivity contribution in [1.82, 2.24) is 4.90 Å². The minimum absolute atomic E-state index is 0.151. The normalized spacial score (nSPS) is 15.7. The van der Waals surface area contributed by atoms with Crippen LogP contribution in [-0.2, 0) is 0 Å². The first-order valence-electron chi connectivity index (χ1n) is 5.32. The van der Waals surface area contributed by atoms with Crippen LogP contribution in [0.5, 0.6) is 0 Å². The summed E-state index contributed by atoms with van der Waals surface area (Å²) < 4.78 is 14.2. The summed E-state index contributed by atoms with van der Waals surface area (Å²) in [5.74, 6) is -0.694. The molecule has 0 N–H and O–H groups in total. The van der Waals surface area contributed by atoms with E-state index in [4.69, 9.17) is 0 Å². The molecule has 0 spiro atoms. The Balaban J connectivity index is 2.19. The van der Waals surface area contributed by atoms with Gasteiger partial charge in [-0.25, -0.2) is 4.39 Å². The highest BCUT2D eigenvalue weighted by Gasteiger charge is 2.27. The van der Waals surface area contributed by atoms with Gasteiger partial charge in [0.1, 0.15) is 5.82 Å². The highest BCUT2D eigenvalue weighted by molar-refractivity contribution is 9.10. The minimum Gasteiger partial charge on any atom is -0.339 e. The summed E-state index contributed by atoms with van der Waals surface area (Å²) in [5.41, 5.74) is 0.151. The summed E-state index contributed by atoms with van der Waals surface area (Å²) in [6, 6.07) is 4.82. The number of nitrogens with zero attached hydrogens (tertiary/aromatic N) is 1. The molecule has 1 saturated carbocycles. The van der Waals surface area contributed by atoms with E-state index in [9.17, 15) is 9.18 Å². The van der Waals surface area contributed by atoms with E-state index in [1.807, 2.05) is 0 Å². The number of halogens is 2. The summed E-state index contributed by atoms with van der Waals surface area (Å²) >= 11 is 3.17. The lowest BCUT2D eigenvalue weighted by molar-refractivity contribution is 0.0647. The van der Waals surface area contributed by atoms with Gasteiger partial charge in [0, 0.05) is 17.6 Å². The Hall–Kier alpha value is -0.900. The molecule has 1 aromatic rings. The third kappa shape index (κ3) is 2.12. The molecule has 0 unspecified atom stereocenters. The molecule has 1 aromatic carbocycles. The van der Waals surface area contributed by atoms with E-state index in [1.54, 1.807) is 18.0 Å². The van der Waals surface area contributed by atoms with Crippen molar-refractivity contribution in [1.29, 1.82) is 0 Å². The van der Waals surface area contributed by atoms with Crippen LogP contribution in [0.15, 0.2) is 22.7 Å². The molecule has 1 amide bonds. The number of amides is 1. The van der Waals surface area contributed by atoms with Crippen LogP contribution >= 0.6 is 15.9 Å². The van der Waals surface area contributed by atoms with Crippen LogP contribution in [0.3, 0.4) is 0 Å². The van der Waals surface area contributed by atoms with E-state index in [0.29, 0.717) is 4.47 Å². The van der Waals surface area contributed by atoms with Gasteiger partial charge in [0.2, 0.25) is 0 Å². The molecule has 0 heterocycles. The topological polar surface area (TPSA) is 20.3 Å². The molecule has 2 nitrogen and oxygen atoms in total. The predicted molar refractivity (Wildman–Crippen MR) is 63.8 cm³/mol. The summed E-state index contributed by atoms with van der Waals surface area (Å²) in [4.78, 5) is 13.6. The third-order valence-corrected chi connectivity index (χ3v) is 3.60. The average molecular weight is 286 g/mol. The summed E-state index contributed by atoms with van der Waals surface area (Å²) in [7, 11) is 1.74.